The standard InChI is InChI=1S/C16H20N2O5S/c1-5-23-16(20)13-14(24-12(18-13)8-21-3)11-7-6-10(9(2)17-11)15(19)22-4/h7,17H,5-6,8H2,1-4H3. The third-order valence-corrected chi connectivity index (χ3v) is 4.43. The number of allylic oxidation sites excluding steroid dienone is 2. The number of hydrogen-bond donors (Lipinski definition) is 1. The van der Waals surface area contributed by atoms with Gasteiger partial charge in [0, 0.05) is 19.2 Å². The van der Waals surface area contributed by atoms with Gasteiger partial charge in [-0.15, -0.1) is 11.3 Å². The molecule has 8 heteroatoms. The molecule has 24 heavy (non-hydrogen) atoms. The highest BCUT2D eigenvalue weighted by Crippen LogP contribution is 2.30. The highest BCUT2D eigenvalue weighted by Gasteiger charge is 2.25. The molecule has 0 radical (unpaired) electrons. The maximum Gasteiger partial charge on any atom is 0.358 e. The lowest BCUT2D eigenvalue weighted by Crippen LogP contribution is -2.21. The molecule has 0 saturated heterocycles. The molecule has 0 saturated carbocycles. The average molecular weight is 352 g/mol. The van der Waals surface area contributed by atoms with Crippen molar-refractivity contribution in [1.82, 2.24) is 10.3 Å². The van der Waals surface area contributed by atoms with E-state index < -0.39 is 5.97 Å². The van der Waals surface area contributed by atoms with Crippen LogP contribution in [-0.2, 0) is 25.6 Å². The van der Waals surface area contributed by atoms with E-state index in [0.717, 1.165) is 5.70 Å². The smallest absolute Gasteiger partial charge is 0.358 e. The minimum atomic E-state index is -0.478. The predicted molar refractivity (Wildman–Crippen MR) is 89.2 cm³/mol. The third-order valence-electron chi connectivity index (χ3n) is 3.37. The number of carbonyl (C=O) groups is 2. The molecule has 2 rings (SSSR count). The van der Waals surface area contributed by atoms with Crippen molar-refractivity contribution in [3.63, 3.8) is 0 Å². The van der Waals surface area contributed by atoms with Crippen molar-refractivity contribution in [2.75, 3.05) is 20.8 Å². The van der Waals surface area contributed by atoms with Gasteiger partial charge in [0.15, 0.2) is 5.69 Å². The minimum Gasteiger partial charge on any atom is -0.466 e. The number of rotatable bonds is 6. The first-order valence-corrected chi connectivity index (χ1v) is 8.24. The molecule has 7 nitrogen and oxygen atoms in total. The number of dihydropyridines is 1. The fraction of sp³-hybridized carbons (Fsp3) is 0.438. The van der Waals surface area contributed by atoms with E-state index in [1.807, 2.05) is 6.08 Å². The van der Waals surface area contributed by atoms with E-state index in [1.165, 1.54) is 18.4 Å². The fourth-order valence-electron chi connectivity index (χ4n) is 2.26. The highest BCUT2D eigenvalue weighted by atomic mass is 32.1. The van der Waals surface area contributed by atoms with Crippen molar-refractivity contribution in [3.8, 4) is 0 Å². The minimum absolute atomic E-state index is 0.252. The van der Waals surface area contributed by atoms with Crippen LogP contribution in [0.4, 0.5) is 0 Å². The van der Waals surface area contributed by atoms with E-state index in [2.05, 4.69) is 10.3 Å². The van der Waals surface area contributed by atoms with Crippen molar-refractivity contribution in [1.29, 1.82) is 0 Å². The molecule has 0 aliphatic carbocycles. The summed E-state index contributed by atoms with van der Waals surface area (Å²) in [5.74, 6) is -0.848. The van der Waals surface area contributed by atoms with E-state index in [9.17, 15) is 9.59 Å². The topological polar surface area (TPSA) is 86.8 Å². The van der Waals surface area contributed by atoms with Gasteiger partial charge in [-0.2, -0.15) is 0 Å². The van der Waals surface area contributed by atoms with Crippen molar-refractivity contribution in [2.45, 2.75) is 26.9 Å². The van der Waals surface area contributed by atoms with Crippen LogP contribution in [-0.4, -0.2) is 37.7 Å². The lowest BCUT2D eigenvalue weighted by atomic mass is 10.0. The zero-order valence-corrected chi connectivity index (χ0v) is 14.9. The number of hydrogen-bond acceptors (Lipinski definition) is 8. The second kappa shape index (κ2) is 8.07. The second-order valence-electron chi connectivity index (χ2n) is 4.98. The summed E-state index contributed by atoms with van der Waals surface area (Å²) in [7, 11) is 2.92. The quantitative estimate of drug-likeness (QED) is 0.786. The molecule has 1 aromatic heterocycles. The molecular weight excluding hydrogens is 332 g/mol. The van der Waals surface area contributed by atoms with Crippen LogP contribution in [0.2, 0.25) is 0 Å². The summed E-state index contributed by atoms with van der Waals surface area (Å²) in [5.41, 5.74) is 2.22. The zero-order chi connectivity index (χ0) is 17.7. The van der Waals surface area contributed by atoms with Gasteiger partial charge in [0.2, 0.25) is 0 Å². The Hall–Kier alpha value is -2.19. The predicted octanol–water partition coefficient (Wildman–Crippen LogP) is 2.25. The SMILES string of the molecule is CCOC(=O)c1nc(COC)sc1C1=CCC(C(=O)OC)=C(C)N1. The highest BCUT2D eigenvalue weighted by molar-refractivity contribution is 7.13. The summed E-state index contributed by atoms with van der Waals surface area (Å²) in [4.78, 5) is 28.9. The van der Waals surface area contributed by atoms with Gasteiger partial charge in [-0.05, 0) is 13.8 Å². The number of nitrogens with one attached hydrogen (secondary N) is 1. The molecule has 1 N–H and O–H groups in total. The third kappa shape index (κ3) is 3.82. The van der Waals surface area contributed by atoms with Gasteiger partial charge in [-0.3, -0.25) is 0 Å². The molecule has 0 bridgehead atoms. The number of aromatic nitrogens is 1. The lowest BCUT2D eigenvalue weighted by Gasteiger charge is -2.19. The lowest BCUT2D eigenvalue weighted by molar-refractivity contribution is -0.136. The van der Waals surface area contributed by atoms with Gasteiger partial charge in [-0.25, -0.2) is 14.6 Å². The monoisotopic (exact) mass is 352 g/mol. The Balaban J connectivity index is 2.33. The molecule has 0 unspecified atom stereocenters. The van der Waals surface area contributed by atoms with Crippen LogP contribution in [0.3, 0.4) is 0 Å². The Morgan fingerprint density at radius 2 is 2.08 bits per heavy atom. The molecule has 1 aliphatic heterocycles. The summed E-state index contributed by atoms with van der Waals surface area (Å²) in [5, 5.41) is 3.83. The van der Waals surface area contributed by atoms with Crippen LogP contribution >= 0.6 is 11.3 Å². The largest absolute Gasteiger partial charge is 0.466 e. The number of methoxy groups -OCH3 is 2. The number of thiazole rings is 1. The summed E-state index contributed by atoms with van der Waals surface area (Å²) in [6, 6.07) is 0. The summed E-state index contributed by atoms with van der Waals surface area (Å²) < 4.78 is 14.9. The average Bonchev–Trinajstić information content (AvgIpc) is 2.98. The van der Waals surface area contributed by atoms with Gasteiger partial charge in [0.1, 0.15) is 5.01 Å². The first-order valence-electron chi connectivity index (χ1n) is 7.43. The Morgan fingerprint density at radius 3 is 2.67 bits per heavy atom. The van der Waals surface area contributed by atoms with Crippen molar-refractivity contribution in [2.24, 2.45) is 0 Å². The van der Waals surface area contributed by atoms with Gasteiger partial charge >= 0.3 is 11.9 Å². The van der Waals surface area contributed by atoms with Crippen molar-refractivity contribution < 1.29 is 23.8 Å². The number of ether oxygens (including phenoxy) is 3. The fourth-order valence-corrected chi connectivity index (χ4v) is 3.28. The molecule has 1 aromatic rings. The van der Waals surface area contributed by atoms with E-state index in [1.54, 1.807) is 21.0 Å². The Morgan fingerprint density at radius 1 is 1.33 bits per heavy atom. The normalized spacial score (nSPS) is 14.1. The van der Waals surface area contributed by atoms with E-state index in [4.69, 9.17) is 14.2 Å². The van der Waals surface area contributed by atoms with Crippen LogP contribution in [0.25, 0.3) is 5.70 Å². The Kier molecular flexibility index (Phi) is 6.10. The first-order chi connectivity index (χ1) is 11.5. The summed E-state index contributed by atoms with van der Waals surface area (Å²) >= 11 is 1.36. The molecular formula is C16H20N2O5S. The Bertz CT molecular complexity index is 705. The van der Waals surface area contributed by atoms with Crippen molar-refractivity contribution >= 4 is 29.0 Å². The number of nitrogens with zero attached hydrogens (tertiary/aromatic N) is 1. The Labute approximate surface area is 144 Å². The van der Waals surface area contributed by atoms with Gasteiger partial charge in [-0.1, -0.05) is 6.08 Å². The molecule has 0 amide bonds. The van der Waals surface area contributed by atoms with Crippen LogP contribution < -0.4 is 5.32 Å². The van der Waals surface area contributed by atoms with E-state index in [-0.39, 0.29) is 18.3 Å². The summed E-state index contributed by atoms with van der Waals surface area (Å²) in [6.07, 6.45) is 2.26. The van der Waals surface area contributed by atoms with Crippen LogP contribution in [0, 0.1) is 0 Å². The second-order valence-corrected chi connectivity index (χ2v) is 6.06. The molecule has 0 fully saturated rings. The maximum atomic E-state index is 12.2. The van der Waals surface area contributed by atoms with Crippen LogP contribution in [0.5, 0.6) is 0 Å². The molecule has 0 aromatic carbocycles. The van der Waals surface area contributed by atoms with Crippen LogP contribution in [0.1, 0.15) is 40.6 Å². The van der Waals surface area contributed by atoms with E-state index >= 15 is 0 Å². The van der Waals surface area contributed by atoms with Gasteiger partial charge in [0.25, 0.3) is 0 Å². The number of carbonyl (C=O) groups excluding carboxylic acids is 2. The zero-order valence-electron chi connectivity index (χ0n) is 14.1. The van der Waals surface area contributed by atoms with E-state index in [0.29, 0.717) is 34.2 Å². The number of esters is 2. The van der Waals surface area contributed by atoms with Gasteiger partial charge in [0.05, 0.1) is 36.5 Å². The van der Waals surface area contributed by atoms with Gasteiger partial charge < -0.3 is 19.5 Å². The molecule has 1 aliphatic rings. The first kappa shape index (κ1) is 18.2. The van der Waals surface area contributed by atoms with Crippen molar-refractivity contribution in [3.05, 3.63) is 32.9 Å². The molecule has 0 spiro atoms. The summed E-state index contributed by atoms with van der Waals surface area (Å²) in [6.45, 7) is 4.12. The maximum absolute atomic E-state index is 12.2. The molecule has 0 atom stereocenters. The molecule has 130 valence electrons. The van der Waals surface area contributed by atoms with Crippen LogP contribution in [0.15, 0.2) is 17.3 Å². The molecule has 2 heterocycles.